The Balaban J connectivity index is 2.30. The number of hydrogen-bond donors (Lipinski definition) is 1. The molecule has 2 rings (SSSR count). The standard InChI is InChI=1S/C14H9ClF5N/c1-6-2-3-7(4-8(6)15)5-21-14-12(19)10(17)9(16)11(18)13(14)20/h2-4,21H,5H2,1H3. The molecule has 21 heavy (non-hydrogen) atoms. The zero-order valence-corrected chi connectivity index (χ0v) is 11.5. The van der Waals surface area contributed by atoms with Crippen molar-refractivity contribution in [2.24, 2.45) is 0 Å². The molecule has 0 aliphatic carbocycles. The normalized spacial score (nSPS) is 10.8. The summed E-state index contributed by atoms with van der Waals surface area (Å²) in [7, 11) is 0. The van der Waals surface area contributed by atoms with Gasteiger partial charge in [-0.3, -0.25) is 0 Å². The summed E-state index contributed by atoms with van der Waals surface area (Å²) in [5, 5.41) is 2.63. The van der Waals surface area contributed by atoms with Gasteiger partial charge in [0.1, 0.15) is 5.69 Å². The number of halogens is 6. The number of rotatable bonds is 3. The Morgan fingerprint density at radius 3 is 1.95 bits per heavy atom. The predicted molar refractivity (Wildman–Crippen MR) is 69.7 cm³/mol. The van der Waals surface area contributed by atoms with Gasteiger partial charge in [-0.2, -0.15) is 0 Å². The van der Waals surface area contributed by atoms with Crippen LogP contribution in [0, 0.1) is 36.0 Å². The Hall–Kier alpha value is -1.82. The Kier molecular flexibility index (Phi) is 4.37. The van der Waals surface area contributed by atoms with E-state index in [1.54, 1.807) is 19.1 Å². The third-order valence-corrected chi connectivity index (χ3v) is 3.32. The predicted octanol–water partition coefficient (Wildman–Crippen LogP) is 4.96. The van der Waals surface area contributed by atoms with Crippen LogP contribution in [0.4, 0.5) is 27.6 Å². The molecular weight excluding hydrogens is 313 g/mol. The number of benzene rings is 2. The first-order valence-electron chi connectivity index (χ1n) is 5.83. The molecule has 0 heterocycles. The summed E-state index contributed by atoms with van der Waals surface area (Å²) in [6.07, 6.45) is 0. The van der Waals surface area contributed by atoms with E-state index in [9.17, 15) is 22.0 Å². The van der Waals surface area contributed by atoms with Crippen LogP contribution in [0.1, 0.15) is 11.1 Å². The maximum Gasteiger partial charge on any atom is 0.200 e. The topological polar surface area (TPSA) is 12.0 Å². The van der Waals surface area contributed by atoms with Crippen LogP contribution in [0.5, 0.6) is 0 Å². The molecule has 2 aromatic carbocycles. The molecule has 0 fully saturated rings. The van der Waals surface area contributed by atoms with Crippen LogP contribution in [-0.2, 0) is 6.54 Å². The van der Waals surface area contributed by atoms with Crippen LogP contribution in [0.15, 0.2) is 18.2 Å². The summed E-state index contributed by atoms with van der Waals surface area (Å²) >= 11 is 5.88. The molecule has 0 aliphatic heterocycles. The molecule has 2 aromatic rings. The minimum Gasteiger partial charge on any atom is -0.376 e. The van der Waals surface area contributed by atoms with E-state index in [-0.39, 0.29) is 6.54 Å². The zero-order chi connectivity index (χ0) is 15.7. The van der Waals surface area contributed by atoms with Gasteiger partial charge < -0.3 is 5.32 Å². The maximum absolute atomic E-state index is 13.4. The molecule has 112 valence electrons. The summed E-state index contributed by atoms with van der Waals surface area (Å²) in [6.45, 7) is 1.63. The Labute approximate surface area is 122 Å². The van der Waals surface area contributed by atoms with E-state index in [4.69, 9.17) is 11.6 Å². The van der Waals surface area contributed by atoms with E-state index >= 15 is 0 Å². The average Bonchev–Trinajstić information content (AvgIpc) is 2.46. The summed E-state index contributed by atoms with van der Waals surface area (Å²) in [5.74, 6) is -9.96. The first-order valence-corrected chi connectivity index (χ1v) is 6.21. The minimum absolute atomic E-state index is 0.141. The molecule has 1 N–H and O–H groups in total. The van der Waals surface area contributed by atoms with Crippen molar-refractivity contribution in [2.75, 3.05) is 5.32 Å². The number of nitrogens with one attached hydrogen (secondary N) is 1. The fraction of sp³-hybridized carbons (Fsp3) is 0.143. The zero-order valence-electron chi connectivity index (χ0n) is 10.7. The smallest absolute Gasteiger partial charge is 0.200 e. The largest absolute Gasteiger partial charge is 0.376 e. The van der Waals surface area contributed by atoms with E-state index in [1.165, 1.54) is 6.07 Å². The quantitative estimate of drug-likeness (QED) is 0.479. The first-order chi connectivity index (χ1) is 9.82. The van der Waals surface area contributed by atoms with Gasteiger partial charge in [-0.05, 0) is 24.1 Å². The van der Waals surface area contributed by atoms with Gasteiger partial charge in [0.15, 0.2) is 23.3 Å². The van der Waals surface area contributed by atoms with Crippen molar-refractivity contribution < 1.29 is 22.0 Å². The van der Waals surface area contributed by atoms with Crippen molar-refractivity contribution in [1.82, 2.24) is 0 Å². The molecule has 1 nitrogen and oxygen atoms in total. The lowest BCUT2D eigenvalue weighted by atomic mass is 10.1. The number of aryl methyl sites for hydroxylation is 1. The Morgan fingerprint density at radius 2 is 1.43 bits per heavy atom. The lowest BCUT2D eigenvalue weighted by molar-refractivity contribution is 0.381. The van der Waals surface area contributed by atoms with Gasteiger partial charge in [0.2, 0.25) is 5.82 Å². The van der Waals surface area contributed by atoms with E-state index < -0.39 is 34.8 Å². The van der Waals surface area contributed by atoms with E-state index in [0.29, 0.717) is 10.6 Å². The van der Waals surface area contributed by atoms with Crippen molar-refractivity contribution in [3.63, 3.8) is 0 Å². The molecule has 0 aromatic heterocycles. The monoisotopic (exact) mass is 321 g/mol. The molecule has 0 unspecified atom stereocenters. The second kappa shape index (κ2) is 5.89. The van der Waals surface area contributed by atoms with Gasteiger partial charge >= 0.3 is 0 Å². The van der Waals surface area contributed by atoms with Crippen LogP contribution in [-0.4, -0.2) is 0 Å². The highest BCUT2D eigenvalue weighted by Gasteiger charge is 2.25. The molecule has 0 bridgehead atoms. The van der Waals surface area contributed by atoms with E-state index in [0.717, 1.165) is 5.56 Å². The second-order valence-electron chi connectivity index (χ2n) is 4.38. The molecule has 0 saturated carbocycles. The maximum atomic E-state index is 13.4. The lowest BCUT2D eigenvalue weighted by Gasteiger charge is -2.11. The van der Waals surface area contributed by atoms with Crippen LogP contribution in [0.2, 0.25) is 5.02 Å². The molecule has 0 aliphatic rings. The third kappa shape index (κ3) is 2.95. The third-order valence-electron chi connectivity index (χ3n) is 2.92. The lowest BCUT2D eigenvalue weighted by Crippen LogP contribution is -2.09. The van der Waals surface area contributed by atoms with Crippen molar-refractivity contribution in [1.29, 1.82) is 0 Å². The summed E-state index contributed by atoms with van der Waals surface area (Å²) in [5.41, 5.74) is 0.272. The molecule has 0 atom stereocenters. The summed E-state index contributed by atoms with van der Waals surface area (Å²) < 4.78 is 65.8. The minimum atomic E-state index is -2.19. The van der Waals surface area contributed by atoms with Crippen molar-refractivity contribution in [3.8, 4) is 0 Å². The highest BCUT2D eigenvalue weighted by molar-refractivity contribution is 6.31. The van der Waals surface area contributed by atoms with Crippen molar-refractivity contribution >= 4 is 17.3 Å². The van der Waals surface area contributed by atoms with Crippen LogP contribution in [0.3, 0.4) is 0 Å². The highest BCUT2D eigenvalue weighted by atomic mass is 35.5. The fourth-order valence-corrected chi connectivity index (χ4v) is 1.90. The number of anilines is 1. The Bertz CT molecular complexity index is 673. The fourth-order valence-electron chi connectivity index (χ4n) is 1.70. The van der Waals surface area contributed by atoms with Crippen LogP contribution >= 0.6 is 11.6 Å². The Morgan fingerprint density at radius 1 is 0.905 bits per heavy atom. The van der Waals surface area contributed by atoms with Crippen LogP contribution in [0.25, 0.3) is 0 Å². The van der Waals surface area contributed by atoms with Gasteiger partial charge in [-0.15, -0.1) is 0 Å². The van der Waals surface area contributed by atoms with Gasteiger partial charge in [0.25, 0.3) is 0 Å². The van der Waals surface area contributed by atoms with E-state index in [1.807, 2.05) is 0 Å². The summed E-state index contributed by atoms with van der Waals surface area (Å²) in [4.78, 5) is 0. The van der Waals surface area contributed by atoms with Crippen LogP contribution < -0.4 is 5.32 Å². The molecule has 0 spiro atoms. The van der Waals surface area contributed by atoms with Gasteiger partial charge in [-0.1, -0.05) is 23.7 Å². The SMILES string of the molecule is Cc1ccc(CNc2c(F)c(F)c(F)c(F)c2F)cc1Cl. The van der Waals surface area contributed by atoms with Gasteiger partial charge in [0, 0.05) is 11.6 Å². The van der Waals surface area contributed by atoms with Crippen molar-refractivity contribution in [3.05, 3.63) is 63.4 Å². The molecule has 0 radical (unpaired) electrons. The first kappa shape index (κ1) is 15.6. The van der Waals surface area contributed by atoms with Gasteiger partial charge in [-0.25, -0.2) is 22.0 Å². The van der Waals surface area contributed by atoms with E-state index in [2.05, 4.69) is 5.32 Å². The highest BCUT2D eigenvalue weighted by Crippen LogP contribution is 2.27. The van der Waals surface area contributed by atoms with Gasteiger partial charge in [0.05, 0.1) is 0 Å². The summed E-state index contributed by atoms with van der Waals surface area (Å²) in [6, 6.07) is 4.84. The molecule has 0 saturated heterocycles. The molecular formula is C14H9ClF5N. The second-order valence-corrected chi connectivity index (χ2v) is 4.79. The van der Waals surface area contributed by atoms with Crippen molar-refractivity contribution in [2.45, 2.75) is 13.5 Å². The molecule has 0 amide bonds. The number of hydrogen-bond acceptors (Lipinski definition) is 1. The molecule has 7 heteroatoms. The average molecular weight is 322 g/mol.